The van der Waals surface area contributed by atoms with Crippen molar-refractivity contribution in [2.75, 3.05) is 5.73 Å². The van der Waals surface area contributed by atoms with Crippen LogP contribution in [-0.2, 0) is 14.3 Å². The van der Waals surface area contributed by atoms with Crippen molar-refractivity contribution >= 4 is 23.9 Å². The van der Waals surface area contributed by atoms with Crippen molar-refractivity contribution in [3.05, 3.63) is 35.4 Å². The minimum absolute atomic E-state index is 0.291. The lowest BCUT2D eigenvalue weighted by Crippen LogP contribution is -2.29. The smallest absolute Gasteiger partial charge is 0.428 e. The molecule has 0 fully saturated rings. The lowest BCUT2D eigenvalue weighted by Gasteiger charge is -2.23. The molecule has 0 unspecified atom stereocenters. The van der Waals surface area contributed by atoms with E-state index in [9.17, 15) is 9.59 Å². The maximum absolute atomic E-state index is 11.9. The molecular weight excluding hydrogens is 294 g/mol. The molecule has 0 radical (unpaired) electrons. The number of hydrogen-bond acceptors (Lipinski definition) is 5. The summed E-state index contributed by atoms with van der Waals surface area (Å²) in [6.45, 7) is 7.22. The summed E-state index contributed by atoms with van der Waals surface area (Å²) in [5.41, 5.74) is 6.67. The van der Waals surface area contributed by atoms with Gasteiger partial charge >= 0.3 is 12.1 Å². The second kappa shape index (κ2) is 8.36. The van der Waals surface area contributed by atoms with E-state index in [4.69, 9.17) is 15.2 Å². The number of anilines is 1. The molecule has 0 saturated carbocycles. The average molecular weight is 319 g/mol. The molecule has 0 aliphatic carbocycles. The number of nitrogen functional groups attached to an aromatic ring is 1. The van der Waals surface area contributed by atoms with Gasteiger partial charge in [0, 0.05) is 11.3 Å². The minimum Gasteiger partial charge on any atom is -0.428 e. The first-order valence-electron chi connectivity index (χ1n) is 7.72. The number of esters is 1. The lowest BCUT2D eigenvalue weighted by molar-refractivity contribution is -0.137. The van der Waals surface area contributed by atoms with Crippen LogP contribution in [0.3, 0.4) is 0 Å². The average Bonchev–Trinajstić information content (AvgIpc) is 2.44. The van der Waals surface area contributed by atoms with Crippen LogP contribution < -0.4 is 5.73 Å². The molecular formula is C18H25NO4. The molecule has 0 spiro atoms. The van der Waals surface area contributed by atoms with E-state index in [1.807, 2.05) is 0 Å². The Labute approximate surface area is 137 Å². The van der Waals surface area contributed by atoms with Gasteiger partial charge in [-0.2, -0.15) is 0 Å². The third-order valence-electron chi connectivity index (χ3n) is 3.28. The standard InChI is InChI=1S/C18H25NO4/c1-5-6-10-18(3,4)23-17(21)22-16(20)13(2)11-14-8-7-9-15(19)12-14/h7-9,11-12H,5-6,10,19H2,1-4H3. The van der Waals surface area contributed by atoms with Crippen LogP contribution in [0, 0.1) is 0 Å². The number of benzene rings is 1. The van der Waals surface area contributed by atoms with Gasteiger partial charge in [-0.25, -0.2) is 9.59 Å². The zero-order valence-corrected chi connectivity index (χ0v) is 14.2. The highest BCUT2D eigenvalue weighted by Crippen LogP contribution is 2.19. The molecule has 0 aromatic heterocycles. The van der Waals surface area contributed by atoms with Crippen LogP contribution in [0.1, 0.15) is 52.5 Å². The number of unbranched alkanes of at least 4 members (excludes halogenated alkanes) is 1. The van der Waals surface area contributed by atoms with Crippen molar-refractivity contribution in [3.8, 4) is 0 Å². The van der Waals surface area contributed by atoms with Gasteiger partial charge in [-0.05, 0) is 57.4 Å². The molecule has 23 heavy (non-hydrogen) atoms. The van der Waals surface area contributed by atoms with Crippen LogP contribution in [0.25, 0.3) is 6.08 Å². The number of ether oxygens (including phenoxy) is 2. The number of carbonyl (C=O) groups excluding carboxylic acids is 2. The van der Waals surface area contributed by atoms with Crippen molar-refractivity contribution in [2.45, 2.75) is 52.6 Å². The number of nitrogens with two attached hydrogens (primary N) is 1. The Morgan fingerprint density at radius 1 is 1.30 bits per heavy atom. The van der Waals surface area contributed by atoms with Gasteiger partial charge in [-0.15, -0.1) is 0 Å². The molecule has 0 atom stereocenters. The first-order valence-corrected chi connectivity index (χ1v) is 7.72. The Morgan fingerprint density at radius 2 is 2.00 bits per heavy atom. The summed E-state index contributed by atoms with van der Waals surface area (Å²) in [7, 11) is 0. The highest BCUT2D eigenvalue weighted by molar-refractivity contribution is 5.97. The van der Waals surface area contributed by atoms with Gasteiger partial charge in [0.1, 0.15) is 5.60 Å². The Morgan fingerprint density at radius 3 is 2.61 bits per heavy atom. The number of carbonyl (C=O) groups is 2. The number of hydrogen-bond donors (Lipinski definition) is 1. The molecule has 1 aromatic carbocycles. The van der Waals surface area contributed by atoms with E-state index in [2.05, 4.69) is 6.92 Å². The van der Waals surface area contributed by atoms with E-state index < -0.39 is 17.7 Å². The predicted octanol–water partition coefficient (Wildman–Crippen LogP) is 4.32. The highest BCUT2D eigenvalue weighted by atomic mass is 16.7. The van der Waals surface area contributed by atoms with Gasteiger partial charge in [-0.3, -0.25) is 0 Å². The van der Waals surface area contributed by atoms with Crippen LogP contribution in [0.15, 0.2) is 29.8 Å². The molecule has 0 heterocycles. The maximum Gasteiger partial charge on any atom is 0.516 e. The summed E-state index contributed by atoms with van der Waals surface area (Å²) in [5.74, 6) is -0.733. The SMILES string of the molecule is CCCCC(C)(C)OC(=O)OC(=O)C(C)=Cc1cccc(N)c1. The third-order valence-corrected chi connectivity index (χ3v) is 3.28. The normalized spacial score (nSPS) is 11.9. The molecule has 126 valence electrons. The van der Waals surface area contributed by atoms with Crippen LogP contribution in [0.2, 0.25) is 0 Å². The quantitative estimate of drug-likeness (QED) is 0.365. The zero-order chi connectivity index (χ0) is 17.5. The summed E-state index contributed by atoms with van der Waals surface area (Å²) in [5, 5.41) is 0. The van der Waals surface area contributed by atoms with Crippen LogP contribution >= 0.6 is 0 Å². The molecule has 1 aromatic rings. The Hall–Kier alpha value is -2.30. The van der Waals surface area contributed by atoms with Crippen LogP contribution in [0.5, 0.6) is 0 Å². The molecule has 2 N–H and O–H groups in total. The summed E-state index contributed by atoms with van der Waals surface area (Å²) >= 11 is 0. The van der Waals surface area contributed by atoms with Crippen molar-refractivity contribution in [1.82, 2.24) is 0 Å². The fourth-order valence-corrected chi connectivity index (χ4v) is 2.01. The predicted molar refractivity (Wildman–Crippen MR) is 90.7 cm³/mol. The van der Waals surface area contributed by atoms with Gasteiger partial charge in [0.15, 0.2) is 0 Å². The van der Waals surface area contributed by atoms with Gasteiger partial charge in [0.05, 0.1) is 0 Å². The van der Waals surface area contributed by atoms with Crippen molar-refractivity contribution in [2.24, 2.45) is 0 Å². The summed E-state index contributed by atoms with van der Waals surface area (Å²) in [6.07, 6.45) is 3.28. The largest absolute Gasteiger partial charge is 0.516 e. The Kier molecular flexibility index (Phi) is 6.82. The molecule has 0 aliphatic heterocycles. The highest BCUT2D eigenvalue weighted by Gasteiger charge is 2.25. The fraction of sp³-hybridized carbons (Fsp3) is 0.444. The second-order valence-electron chi connectivity index (χ2n) is 6.10. The topological polar surface area (TPSA) is 78.6 Å². The first kappa shape index (κ1) is 18.7. The summed E-state index contributed by atoms with van der Waals surface area (Å²) < 4.78 is 9.93. The number of rotatable bonds is 6. The van der Waals surface area contributed by atoms with Crippen LogP contribution in [0.4, 0.5) is 10.5 Å². The zero-order valence-electron chi connectivity index (χ0n) is 14.2. The van der Waals surface area contributed by atoms with E-state index in [0.29, 0.717) is 17.7 Å². The van der Waals surface area contributed by atoms with Crippen LogP contribution in [-0.4, -0.2) is 17.7 Å². The van der Waals surface area contributed by atoms with Gasteiger partial charge in [0.25, 0.3) is 0 Å². The van der Waals surface area contributed by atoms with E-state index in [-0.39, 0.29) is 0 Å². The minimum atomic E-state index is -0.976. The fourth-order valence-electron chi connectivity index (χ4n) is 2.01. The van der Waals surface area contributed by atoms with Gasteiger partial charge in [0.2, 0.25) is 0 Å². The van der Waals surface area contributed by atoms with Crippen molar-refractivity contribution < 1.29 is 19.1 Å². The monoisotopic (exact) mass is 319 g/mol. The van der Waals surface area contributed by atoms with E-state index in [0.717, 1.165) is 18.4 Å². The Balaban J connectivity index is 2.62. The van der Waals surface area contributed by atoms with E-state index >= 15 is 0 Å². The molecule has 5 heteroatoms. The van der Waals surface area contributed by atoms with Gasteiger partial charge < -0.3 is 15.2 Å². The molecule has 0 saturated heterocycles. The lowest BCUT2D eigenvalue weighted by atomic mass is 10.0. The molecule has 1 rings (SSSR count). The third kappa shape index (κ3) is 7.00. The second-order valence-corrected chi connectivity index (χ2v) is 6.10. The molecule has 0 bridgehead atoms. The summed E-state index contributed by atoms with van der Waals surface area (Å²) in [4.78, 5) is 23.7. The first-order chi connectivity index (χ1) is 10.7. The molecule has 5 nitrogen and oxygen atoms in total. The van der Waals surface area contributed by atoms with Gasteiger partial charge in [-0.1, -0.05) is 25.5 Å². The molecule has 0 amide bonds. The van der Waals surface area contributed by atoms with Crippen molar-refractivity contribution in [1.29, 1.82) is 0 Å². The maximum atomic E-state index is 11.9. The van der Waals surface area contributed by atoms with E-state index in [1.165, 1.54) is 0 Å². The summed E-state index contributed by atoms with van der Waals surface area (Å²) in [6, 6.07) is 7.06. The molecule has 0 aliphatic rings. The Bertz CT molecular complexity index is 590. The van der Waals surface area contributed by atoms with E-state index in [1.54, 1.807) is 51.1 Å². The van der Waals surface area contributed by atoms with Crippen molar-refractivity contribution in [3.63, 3.8) is 0 Å².